The van der Waals surface area contributed by atoms with Crippen LogP contribution in [-0.2, 0) is 20.1 Å². The van der Waals surface area contributed by atoms with Crippen molar-refractivity contribution in [3.63, 3.8) is 0 Å². The van der Waals surface area contributed by atoms with Gasteiger partial charge in [-0.3, -0.25) is 14.4 Å². The van der Waals surface area contributed by atoms with Gasteiger partial charge in [0.2, 0.25) is 0 Å². The summed E-state index contributed by atoms with van der Waals surface area (Å²) in [5.41, 5.74) is 1.28. The fraction of sp³-hybridized carbons (Fsp3) is 0.562. The lowest BCUT2D eigenvalue weighted by Crippen LogP contribution is -2.35. The molecule has 0 aromatic carbocycles. The molecule has 0 bridgehead atoms. The maximum absolute atomic E-state index is 12.4. The largest absolute Gasteiger partial charge is 0.393 e. The van der Waals surface area contributed by atoms with Crippen molar-refractivity contribution in [3.8, 4) is 0 Å². The van der Waals surface area contributed by atoms with Crippen molar-refractivity contribution in [1.29, 1.82) is 0 Å². The van der Waals surface area contributed by atoms with E-state index >= 15 is 0 Å². The molecule has 2 aromatic heterocycles. The number of amides is 1. The highest BCUT2D eigenvalue weighted by Crippen LogP contribution is 2.15. The SMILES string of the molecule is CN(Cc1cnn(C)c1)C(=O)c1cc(CN2CCC(O)CC2)on1. The zero-order chi connectivity index (χ0) is 17.1. The molecule has 0 spiro atoms. The van der Waals surface area contributed by atoms with Gasteiger partial charge in [-0.25, -0.2) is 0 Å². The van der Waals surface area contributed by atoms with E-state index < -0.39 is 0 Å². The first-order valence-electron chi connectivity index (χ1n) is 8.10. The molecule has 3 rings (SSSR count). The van der Waals surface area contributed by atoms with Gasteiger partial charge in [-0.2, -0.15) is 5.10 Å². The molecule has 8 heteroatoms. The third-order valence-corrected chi connectivity index (χ3v) is 4.24. The number of hydrogen-bond acceptors (Lipinski definition) is 6. The van der Waals surface area contributed by atoms with E-state index in [4.69, 9.17) is 4.52 Å². The second-order valence-electron chi connectivity index (χ2n) is 6.37. The molecule has 1 fully saturated rings. The van der Waals surface area contributed by atoms with Crippen LogP contribution in [0.1, 0.15) is 34.7 Å². The lowest BCUT2D eigenvalue weighted by molar-refractivity contribution is 0.0743. The molecule has 2 aromatic rings. The van der Waals surface area contributed by atoms with Crippen molar-refractivity contribution in [1.82, 2.24) is 24.7 Å². The summed E-state index contributed by atoms with van der Waals surface area (Å²) in [7, 11) is 3.57. The van der Waals surface area contributed by atoms with Crippen LogP contribution < -0.4 is 0 Å². The lowest BCUT2D eigenvalue weighted by Gasteiger charge is -2.28. The first kappa shape index (κ1) is 16.7. The van der Waals surface area contributed by atoms with Gasteiger partial charge in [0.05, 0.1) is 18.8 Å². The van der Waals surface area contributed by atoms with Crippen LogP contribution in [0.5, 0.6) is 0 Å². The van der Waals surface area contributed by atoms with Crippen molar-refractivity contribution >= 4 is 5.91 Å². The molecule has 1 aliphatic heterocycles. The zero-order valence-electron chi connectivity index (χ0n) is 14.1. The number of nitrogens with zero attached hydrogens (tertiary/aromatic N) is 5. The van der Waals surface area contributed by atoms with Crippen LogP contribution in [-0.4, -0.2) is 62.0 Å². The third-order valence-electron chi connectivity index (χ3n) is 4.24. The summed E-state index contributed by atoms with van der Waals surface area (Å²) in [4.78, 5) is 16.2. The van der Waals surface area contributed by atoms with Crippen LogP contribution >= 0.6 is 0 Å². The Morgan fingerprint density at radius 3 is 2.88 bits per heavy atom. The van der Waals surface area contributed by atoms with Crippen LogP contribution in [0.2, 0.25) is 0 Å². The van der Waals surface area contributed by atoms with Gasteiger partial charge in [0.15, 0.2) is 11.5 Å². The van der Waals surface area contributed by atoms with Crippen LogP contribution in [0, 0.1) is 0 Å². The Labute approximate surface area is 140 Å². The van der Waals surface area contributed by atoms with Crippen molar-refractivity contribution in [2.45, 2.75) is 32.0 Å². The van der Waals surface area contributed by atoms with E-state index in [-0.39, 0.29) is 12.0 Å². The molecule has 0 aliphatic carbocycles. The van der Waals surface area contributed by atoms with Gasteiger partial charge in [-0.05, 0) is 12.8 Å². The molecule has 1 N–H and O–H groups in total. The van der Waals surface area contributed by atoms with Crippen LogP contribution in [0.3, 0.4) is 0 Å². The fourth-order valence-electron chi connectivity index (χ4n) is 2.88. The first-order valence-corrected chi connectivity index (χ1v) is 8.10. The molecule has 24 heavy (non-hydrogen) atoms. The second kappa shape index (κ2) is 7.14. The van der Waals surface area contributed by atoms with Gasteiger partial charge in [0.25, 0.3) is 5.91 Å². The molecule has 3 heterocycles. The van der Waals surface area contributed by atoms with E-state index in [0.717, 1.165) is 31.5 Å². The Morgan fingerprint density at radius 2 is 2.21 bits per heavy atom. The molecule has 0 radical (unpaired) electrons. The third kappa shape index (κ3) is 4.01. The Morgan fingerprint density at radius 1 is 1.46 bits per heavy atom. The molecule has 8 nitrogen and oxygen atoms in total. The summed E-state index contributed by atoms with van der Waals surface area (Å²) in [5.74, 6) is 0.493. The van der Waals surface area contributed by atoms with E-state index in [0.29, 0.717) is 24.5 Å². The number of piperidine rings is 1. The normalized spacial score (nSPS) is 16.5. The smallest absolute Gasteiger partial charge is 0.276 e. The number of rotatable bonds is 5. The zero-order valence-corrected chi connectivity index (χ0v) is 14.1. The average molecular weight is 333 g/mol. The predicted molar refractivity (Wildman–Crippen MR) is 86.0 cm³/mol. The maximum Gasteiger partial charge on any atom is 0.276 e. The van der Waals surface area contributed by atoms with Gasteiger partial charge < -0.3 is 14.5 Å². The van der Waals surface area contributed by atoms with Crippen molar-refractivity contribution in [2.75, 3.05) is 20.1 Å². The summed E-state index contributed by atoms with van der Waals surface area (Å²) in [5, 5.41) is 17.5. The quantitative estimate of drug-likeness (QED) is 0.864. The average Bonchev–Trinajstić information content (AvgIpc) is 3.18. The van der Waals surface area contributed by atoms with Crippen molar-refractivity contribution in [2.24, 2.45) is 7.05 Å². The molecule has 1 aliphatic rings. The standard InChI is InChI=1S/C16H23N5O3/c1-19(9-12-8-17-20(2)10-12)16(23)15-7-14(24-18-15)11-21-5-3-13(22)4-6-21/h7-8,10,13,22H,3-6,9,11H2,1-2H3. The minimum atomic E-state index is -0.200. The Bertz CT molecular complexity index is 687. The minimum absolute atomic E-state index is 0.178. The molecular weight excluding hydrogens is 310 g/mol. The highest BCUT2D eigenvalue weighted by atomic mass is 16.5. The van der Waals surface area contributed by atoms with E-state index in [1.807, 2.05) is 13.2 Å². The highest BCUT2D eigenvalue weighted by molar-refractivity contribution is 5.92. The van der Waals surface area contributed by atoms with Gasteiger partial charge in [-0.1, -0.05) is 5.16 Å². The number of aliphatic hydroxyl groups is 1. The Balaban J connectivity index is 1.56. The van der Waals surface area contributed by atoms with Gasteiger partial charge in [-0.15, -0.1) is 0 Å². The number of carbonyl (C=O) groups is 1. The van der Waals surface area contributed by atoms with Gasteiger partial charge >= 0.3 is 0 Å². The molecule has 1 amide bonds. The van der Waals surface area contributed by atoms with E-state index in [1.54, 1.807) is 28.9 Å². The van der Waals surface area contributed by atoms with Crippen molar-refractivity contribution < 1.29 is 14.4 Å². The van der Waals surface area contributed by atoms with E-state index in [2.05, 4.69) is 15.2 Å². The summed E-state index contributed by atoms with van der Waals surface area (Å²) >= 11 is 0. The first-order chi connectivity index (χ1) is 11.5. The molecular formula is C16H23N5O3. The topological polar surface area (TPSA) is 87.6 Å². The monoisotopic (exact) mass is 333 g/mol. The van der Waals surface area contributed by atoms with Crippen LogP contribution in [0.25, 0.3) is 0 Å². The number of likely N-dealkylation sites (tertiary alicyclic amines) is 1. The number of aliphatic hydroxyl groups excluding tert-OH is 1. The summed E-state index contributed by atoms with van der Waals surface area (Å²) < 4.78 is 7.01. The summed E-state index contributed by atoms with van der Waals surface area (Å²) in [6.45, 7) is 2.73. The molecule has 0 unspecified atom stereocenters. The summed E-state index contributed by atoms with van der Waals surface area (Å²) in [6.07, 6.45) is 4.96. The summed E-state index contributed by atoms with van der Waals surface area (Å²) in [6, 6.07) is 1.70. The fourth-order valence-corrected chi connectivity index (χ4v) is 2.88. The number of aryl methyl sites for hydroxylation is 1. The van der Waals surface area contributed by atoms with Crippen LogP contribution in [0.15, 0.2) is 23.0 Å². The minimum Gasteiger partial charge on any atom is -0.393 e. The molecule has 0 saturated carbocycles. The predicted octanol–water partition coefficient (Wildman–Crippen LogP) is 0.637. The van der Waals surface area contributed by atoms with Crippen molar-refractivity contribution in [3.05, 3.63) is 35.5 Å². The number of carbonyl (C=O) groups excluding carboxylic acids is 1. The maximum atomic E-state index is 12.4. The Hall–Kier alpha value is -2.19. The van der Waals surface area contributed by atoms with E-state index in [1.165, 1.54) is 0 Å². The van der Waals surface area contributed by atoms with Gasteiger partial charge in [0, 0.05) is 51.6 Å². The second-order valence-corrected chi connectivity index (χ2v) is 6.37. The number of aromatic nitrogens is 3. The van der Waals surface area contributed by atoms with Gasteiger partial charge in [0.1, 0.15) is 0 Å². The molecule has 130 valence electrons. The van der Waals surface area contributed by atoms with E-state index in [9.17, 15) is 9.90 Å². The number of hydrogen-bond donors (Lipinski definition) is 1. The Kier molecular flexibility index (Phi) is 4.96. The van der Waals surface area contributed by atoms with Crippen LogP contribution in [0.4, 0.5) is 0 Å². The molecule has 0 atom stereocenters. The lowest BCUT2D eigenvalue weighted by atomic mass is 10.1. The molecule has 1 saturated heterocycles. The highest BCUT2D eigenvalue weighted by Gasteiger charge is 2.21.